The summed E-state index contributed by atoms with van der Waals surface area (Å²) in [5.41, 5.74) is 1.02. The van der Waals surface area contributed by atoms with Crippen LogP contribution in [0.5, 0.6) is 0 Å². The highest BCUT2D eigenvalue weighted by atomic mass is 35.5. The lowest BCUT2D eigenvalue weighted by molar-refractivity contribution is -0.138. The standard InChI is InChI=1S/C15H18ClNO3/c1-2-17(8-7-14(18)19)15(20)12-9-11(12)10-5-3-4-6-13(10)16/h3-6,11-12H,2,7-9H2,1H3,(H,18,19)/t11-,12-/m1/s1. The first-order chi connectivity index (χ1) is 9.54. The SMILES string of the molecule is CCN(CCC(=O)O)C(=O)[C@@H]1C[C@@H]1c1ccccc1Cl. The first kappa shape index (κ1) is 14.9. The Balaban J connectivity index is 1.98. The molecule has 4 nitrogen and oxygen atoms in total. The third-order valence-corrected chi connectivity index (χ3v) is 4.05. The molecule has 1 aromatic carbocycles. The Morgan fingerprint density at radius 1 is 1.40 bits per heavy atom. The molecule has 0 spiro atoms. The van der Waals surface area contributed by atoms with E-state index >= 15 is 0 Å². The summed E-state index contributed by atoms with van der Waals surface area (Å²) in [7, 11) is 0. The Morgan fingerprint density at radius 2 is 2.10 bits per heavy atom. The third kappa shape index (κ3) is 3.31. The maximum absolute atomic E-state index is 12.3. The van der Waals surface area contributed by atoms with Crippen molar-refractivity contribution in [3.05, 3.63) is 34.9 Å². The predicted octanol–water partition coefficient (Wildman–Crippen LogP) is 2.77. The summed E-state index contributed by atoms with van der Waals surface area (Å²) in [6, 6.07) is 7.58. The number of aliphatic carboxylic acids is 1. The number of carbonyl (C=O) groups is 2. The van der Waals surface area contributed by atoms with E-state index in [9.17, 15) is 9.59 Å². The lowest BCUT2D eigenvalue weighted by Gasteiger charge is -2.20. The molecule has 1 aliphatic rings. The van der Waals surface area contributed by atoms with Crippen molar-refractivity contribution in [1.29, 1.82) is 0 Å². The molecule has 1 aromatic rings. The van der Waals surface area contributed by atoms with Crippen LogP contribution >= 0.6 is 11.6 Å². The molecule has 0 bridgehead atoms. The van der Waals surface area contributed by atoms with Gasteiger partial charge in [0, 0.05) is 24.0 Å². The lowest BCUT2D eigenvalue weighted by atomic mass is 10.1. The predicted molar refractivity (Wildman–Crippen MR) is 76.8 cm³/mol. The first-order valence-corrected chi connectivity index (χ1v) is 7.17. The summed E-state index contributed by atoms with van der Waals surface area (Å²) in [6.45, 7) is 2.68. The first-order valence-electron chi connectivity index (χ1n) is 6.79. The van der Waals surface area contributed by atoms with Crippen LogP contribution in [-0.4, -0.2) is 35.0 Å². The molecule has 0 heterocycles. The number of hydrogen-bond donors (Lipinski definition) is 1. The molecule has 20 heavy (non-hydrogen) atoms. The monoisotopic (exact) mass is 295 g/mol. The van der Waals surface area contributed by atoms with E-state index in [4.69, 9.17) is 16.7 Å². The number of rotatable bonds is 6. The zero-order valence-electron chi connectivity index (χ0n) is 11.4. The smallest absolute Gasteiger partial charge is 0.305 e. The summed E-state index contributed by atoms with van der Waals surface area (Å²) in [6.07, 6.45) is 0.787. The second kappa shape index (κ2) is 6.27. The zero-order valence-corrected chi connectivity index (χ0v) is 12.1. The number of amides is 1. The molecule has 0 radical (unpaired) electrons. The van der Waals surface area contributed by atoms with Crippen LogP contribution in [0.1, 0.15) is 31.2 Å². The average molecular weight is 296 g/mol. The number of nitrogens with zero attached hydrogens (tertiary/aromatic N) is 1. The normalized spacial score (nSPS) is 20.5. The van der Waals surface area contributed by atoms with Crippen LogP contribution in [0.2, 0.25) is 5.02 Å². The largest absolute Gasteiger partial charge is 0.481 e. The summed E-state index contributed by atoms with van der Waals surface area (Å²) >= 11 is 6.14. The van der Waals surface area contributed by atoms with Crippen molar-refractivity contribution < 1.29 is 14.7 Å². The average Bonchev–Trinajstić information content (AvgIpc) is 3.19. The van der Waals surface area contributed by atoms with Gasteiger partial charge in [0.05, 0.1) is 6.42 Å². The Hall–Kier alpha value is -1.55. The number of carboxylic acid groups (broad SMARTS) is 1. The van der Waals surface area contributed by atoms with Crippen molar-refractivity contribution in [3.8, 4) is 0 Å². The maximum Gasteiger partial charge on any atom is 0.305 e. The van der Waals surface area contributed by atoms with Gasteiger partial charge < -0.3 is 10.0 Å². The second-order valence-corrected chi connectivity index (χ2v) is 5.44. The molecule has 1 N–H and O–H groups in total. The fourth-order valence-corrected chi connectivity index (χ4v) is 2.75. The molecule has 1 aliphatic carbocycles. The highest BCUT2D eigenvalue weighted by Crippen LogP contribution is 2.50. The van der Waals surface area contributed by atoms with E-state index in [0.717, 1.165) is 12.0 Å². The quantitative estimate of drug-likeness (QED) is 0.878. The van der Waals surface area contributed by atoms with Gasteiger partial charge in [-0.3, -0.25) is 9.59 Å². The Bertz CT molecular complexity index is 518. The molecule has 0 saturated heterocycles. The zero-order chi connectivity index (χ0) is 14.7. The molecule has 0 aliphatic heterocycles. The van der Waals surface area contributed by atoms with E-state index in [1.54, 1.807) is 4.90 Å². The molecule has 1 saturated carbocycles. The van der Waals surface area contributed by atoms with E-state index in [1.807, 2.05) is 31.2 Å². The van der Waals surface area contributed by atoms with Gasteiger partial charge in [0.25, 0.3) is 0 Å². The van der Waals surface area contributed by atoms with Gasteiger partial charge in [-0.2, -0.15) is 0 Å². The number of carbonyl (C=O) groups excluding carboxylic acids is 1. The fraction of sp³-hybridized carbons (Fsp3) is 0.467. The Morgan fingerprint density at radius 3 is 2.70 bits per heavy atom. The topological polar surface area (TPSA) is 57.6 Å². The van der Waals surface area contributed by atoms with Crippen LogP contribution in [0.3, 0.4) is 0 Å². The highest BCUT2D eigenvalue weighted by Gasteiger charge is 2.46. The molecule has 1 amide bonds. The Kier molecular flexibility index (Phi) is 4.65. The number of carboxylic acids is 1. The van der Waals surface area contributed by atoms with Crippen LogP contribution < -0.4 is 0 Å². The molecular weight excluding hydrogens is 278 g/mol. The van der Waals surface area contributed by atoms with E-state index < -0.39 is 5.97 Å². The van der Waals surface area contributed by atoms with Gasteiger partial charge in [0.1, 0.15) is 0 Å². The number of benzene rings is 1. The summed E-state index contributed by atoms with van der Waals surface area (Å²) in [4.78, 5) is 24.6. The van der Waals surface area contributed by atoms with Gasteiger partial charge in [0.2, 0.25) is 5.91 Å². The summed E-state index contributed by atoms with van der Waals surface area (Å²) in [5.74, 6) is -0.716. The fourth-order valence-electron chi connectivity index (χ4n) is 2.48. The van der Waals surface area contributed by atoms with Crippen LogP contribution in [0, 0.1) is 5.92 Å². The molecule has 2 rings (SSSR count). The molecule has 0 unspecified atom stereocenters. The number of hydrogen-bond acceptors (Lipinski definition) is 2. The van der Waals surface area contributed by atoms with E-state index in [1.165, 1.54) is 0 Å². The molecule has 1 fully saturated rings. The van der Waals surface area contributed by atoms with Crippen LogP contribution in [0.25, 0.3) is 0 Å². The van der Waals surface area contributed by atoms with Crippen molar-refractivity contribution in [3.63, 3.8) is 0 Å². The highest BCUT2D eigenvalue weighted by molar-refractivity contribution is 6.31. The minimum atomic E-state index is -0.880. The summed E-state index contributed by atoms with van der Waals surface area (Å²) < 4.78 is 0. The molecular formula is C15H18ClNO3. The van der Waals surface area contributed by atoms with Crippen molar-refractivity contribution in [2.45, 2.75) is 25.7 Å². The van der Waals surface area contributed by atoms with Crippen molar-refractivity contribution in [2.75, 3.05) is 13.1 Å². The van der Waals surface area contributed by atoms with Crippen LogP contribution in [0.15, 0.2) is 24.3 Å². The van der Waals surface area contributed by atoms with E-state index in [-0.39, 0.29) is 30.7 Å². The molecule has 5 heteroatoms. The van der Waals surface area contributed by atoms with Gasteiger partial charge in [-0.05, 0) is 30.9 Å². The third-order valence-electron chi connectivity index (χ3n) is 3.70. The van der Waals surface area contributed by atoms with Gasteiger partial charge in [0.15, 0.2) is 0 Å². The molecule has 0 aromatic heterocycles. The van der Waals surface area contributed by atoms with E-state index in [2.05, 4.69) is 0 Å². The van der Waals surface area contributed by atoms with Gasteiger partial charge in [-0.25, -0.2) is 0 Å². The van der Waals surface area contributed by atoms with Crippen molar-refractivity contribution >= 4 is 23.5 Å². The van der Waals surface area contributed by atoms with Crippen LogP contribution in [-0.2, 0) is 9.59 Å². The van der Waals surface area contributed by atoms with Crippen LogP contribution in [0.4, 0.5) is 0 Å². The van der Waals surface area contributed by atoms with Gasteiger partial charge >= 0.3 is 5.97 Å². The van der Waals surface area contributed by atoms with Gasteiger partial charge in [-0.15, -0.1) is 0 Å². The van der Waals surface area contributed by atoms with E-state index in [0.29, 0.717) is 11.6 Å². The molecule has 108 valence electrons. The molecule has 2 atom stereocenters. The Labute approximate surface area is 123 Å². The maximum atomic E-state index is 12.3. The number of halogens is 1. The second-order valence-electron chi connectivity index (χ2n) is 5.03. The van der Waals surface area contributed by atoms with Gasteiger partial charge in [-0.1, -0.05) is 29.8 Å². The van der Waals surface area contributed by atoms with Crippen molar-refractivity contribution in [1.82, 2.24) is 4.90 Å². The minimum absolute atomic E-state index is 0.0109. The lowest BCUT2D eigenvalue weighted by Crippen LogP contribution is -2.34. The summed E-state index contributed by atoms with van der Waals surface area (Å²) in [5, 5.41) is 9.40. The minimum Gasteiger partial charge on any atom is -0.481 e. The van der Waals surface area contributed by atoms with Crippen molar-refractivity contribution in [2.24, 2.45) is 5.92 Å².